The molecule has 1 aromatic heterocycles. The minimum atomic E-state index is -0.674. The van der Waals surface area contributed by atoms with Crippen LogP contribution in [0.15, 0.2) is 66.9 Å². The van der Waals surface area contributed by atoms with Crippen LogP contribution in [0.25, 0.3) is 0 Å². The van der Waals surface area contributed by atoms with Crippen LogP contribution in [0.5, 0.6) is 0 Å². The number of halogens is 1. The highest BCUT2D eigenvalue weighted by molar-refractivity contribution is 6.05. The molecule has 0 aliphatic heterocycles. The maximum atomic E-state index is 13.6. The van der Waals surface area contributed by atoms with Crippen molar-refractivity contribution in [1.29, 1.82) is 0 Å². The van der Waals surface area contributed by atoms with Crippen LogP contribution in [-0.2, 0) is 4.74 Å². The lowest BCUT2D eigenvalue weighted by Gasteiger charge is -2.22. The predicted octanol–water partition coefficient (Wildman–Crippen LogP) is 6.80. The molecule has 2 aromatic carbocycles. The zero-order valence-electron chi connectivity index (χ0n) is 25.4. The van der Waals surface area contributed by atoms with Crippen LogP contribution < -0.4 is 21.3 Å². The number of amides is 4. The molecule has 10 nitrogen and oxygen atoms in total. The van der Waals surface area contributed by atoms with Crippen LogP contribution in [0, 0.1) is 5.82 Å². The molecule has 3 rings (SSSR count). The Balaban J connectivity index is 1.71. The van der Waals surface area contributed by atoms with Crippen molar-refractivity contribution in [2.45, 2.75) is 59.1 Å². The molecule has 11 heteroatoms. The fraction of sp³-hybridized carbons (Fsp3) is 0.375. The third-order valence-corrected chi connectivity index (χ3v) is 6.48. The maximum absolute atomic E-state index is 13.6. The molecule has 0 fully saturated rings. The van der Waals surface area contributed by atoms with Gasteiger partial charge in [-0.1, -0.05) is 38.1 Å². The number of urea groups is 1. The summed E-state index contributed by atoms with van der Waals surface area (Å²) in [5, 5.41) is 11.1. The highest BCUT2D eigenvalue weighted by Gasteiger charge is 2.20. The van der Waals surface area contributed by atoms with Crippen molar-refractivity contribution in [2.75, 3.05) is 35.6 Å². The fourth-order valence-corrected chi connectivity index (χ4v) is 4.32. The smallest absolute Gasteiger partial charge is 0.412 e. The van der Waals surface area contributed by atoms with Crippen molar-refractivity contribution >= 4 is 35.1 Å². The lowest BCUT2D eigenvalue weighted by Crippen LogP contribution is -2.33. The maximum Gasteiger partial charge on any atom is 0.412 e. The first-order valence-corrected chi connectivity index (χ1v) is 14.4. The summed E-state index contributed by atoms with van der Waals surface area (Å²) in [5.74, 6) is -0.922. The standard InChI is InChI=1S/C32H41FN6O4/c1-6-39(7-2)19-11-16-25(37-30(41)35-24-13-10-12-23(33)20-24)22-17-18-28(34-21-22)29(40)36-26-14-8-9-15-27(26)38-31(42)43-32(3,4)5/h8-10,12-15,17-18,20-21,25H,6-7,11,16,19H2,1-5H3,(H,36,40)(H,38,42)(H2,35,37,41). The number of carbonyl (C=O) groups excluding carboxylic acids is 3. The summed E-state index contributed by atoms with van der Waals surface area (Å²) in [6, 6.07) is 14.9. The molecule has 3 aromatic rings. The number of pyridine rings is 1. The normalized spacial score (nSPS) is 11.9. The van der Waals surface area contributed by atoms with E-state index in [2.05, 4.69) is 45.0 Å². The Bertz CT molecular complexity index is 1370. The van der Waals surface area contributed by atoms with E-state index in [0.717, 1.165) is 31.6 Å². The third-order valence-electron chi connectivity index (χ3n) is 6.48. The van der Waals surface area contributed by atoms with E-state index in [1.807, 2.05) is 0 Å². The van der Waals surface area contributed by atoms with E-state index in [4.69, 9.17) is 4.74 Å². The summed E-state index contributed by atoms with van der Waals surface area (Å²) < 4.78 is 18.9. The molecule has 0 spiro atoms. The second kappa shape index (κ2) is 15.6. The average Bonchev–Trinajstić information content (AvgIpc) is 2.95. The average molecular weight is 593 g/mol. The van der Waals surface area contributed by atoms with E-state index in [1.165, 1.54) is 18.2 Å². The number of para-hydroxylation sites is 2. The molecule has 0 aliphatic carbocycles. The van der Waals surface area contributed by atoms with Crippen molar-refractivity contribution in [2.24, 2.45) is 0 Å². The van der Waals surface area contributed by atoms with Crippen LogP contribution in [0.1, 0.15) is 69.6 Å². The molecule has 1 unspecified atom stereocenters. The van der Waals surface area contributed by atoms with Gasteiger partial charge in [0.25, 0.3) is 5.91 Å². The van der Waals surface area contributed by atoms with Crippen molar-refractivity contribution in [3.63, 3.8) is 0 Å². The fourth-order valence-electron chi connectivity index (χ4n) is 4.32. The Morgan fingerprint density at radius 2 is 1.63 bits per heavy atom. The van der Waals surface area contributed by atoms with Crippen LogP contribution in [0.4, 0.5) is 31.0 Å². The predicted molar refractivity (Wildman–Crippen MR) is 167 cm³/mol. The van der Waals surface area contributed by atoms with E-state index >= 15 is 0 Å². The Kier molecular flexibility index (Phi) is 12.0. The van der Waals surface area contributed by atoms with Crippen LogP contribution >= 0.6 is 0 Å². The number of ether oxygens (including phenoxy) is 1. The summed E-state index contributed by atoms with van der Waals surface area (Å²) in [5.41, 5.74) is 1.30. The molecule has 0 saturated carbocycles. The minimum absolute atomic E-state index is 0.155. The summed E-state index contributed by atoms with van der Waals surface area (Å²) in [4.78, 5) is 44.8. The number of benzene rings is 2. The van der Waals surface area contributed by atoms with Gasteiger partial charge in [-0.05, 0) is 95.2 Å². The van der Waals surface area contributed by atoms with Gasteiger partial charge in [-0.3, -0.25) is 15.1 Å². The number of carbonyl (C=O) groups is 3. The highest BCUT2D eigenvalue weighted by Crippen LogP contribution is 2.24. The summed E-state index contributed by atoms with van der Waals surface area (Å²) in [6.07, 6.45) is 2.36. The molecule has 4 N–H and O–H groups in total. The number of nitrogens with one attached hydrogen (secondary N) is 4. The Labute approximate surface area is 252 Å². The first-order valence-electron chi connectivity index (χ1n) is 14.4. The van der Waals surface area contributed by atoms with Gasteiger partial charge in [0.2, 0.25) is 0 Å². The van der Waals surface area contributed by atoms with Gasteiger partial charge in [0, 0.05) is 11.9 Å². The molecule has 0 bridgehead atoms. The molecule has 1 atom stereocenters. The molecule has 0 saturated heterocycles. The Morgan fingerprint density at radius 3 is 2.23 bits per heavy atom. The van der Waals surface area contributed by atoms with Crippen molar-refractivity contribution in [3.05, 3.63) is 83.9 Å². The number of anilines is 3. The Morgan fingerprint density at radius 1 is 0.930 bits per heavy atom. The molecular weight excluding hydrogens is 551 g/mol. The van der Waals surface area contributed by atoms with Crippen LogP contribution in [0.3, 0.4) is 0 Å². The van der Waals surface area contributed by atoms with E-state index < -0.39 is 35.5 Å². The summed E-state index contributed by atoms with van der Waals surface area (Å²) in [7, 11) is 0. The molecule has 43 heavy (non-hydrogen) atoms. The van der Waals surface area contributed by atoms with E-state index in [1.54, 1.807) is 69.4 Å². The highest BCUT2D eigenvalue weighted by atomic mass is 19.1. The van der Waals surface area contributed by atoms with Gasteiger partial charge < -0.3 is 25.6 Å². The largest absolute Gasteiger partial charge is 0.444 e. The van der Waals surface area contributed by atoms with E-state index in [0.29, 0.717) is 23.5 Å². The molecule has 230 valence electrons. The van der Waals surface area contributed by atoms with Gasteiger partial charge in [-0.15, -0.1) is 0 Å². The van der Waals surface area contributed by atoms with Crippen LogP contribution in [-0.4, -0.2) is 53.2 Å². The van der Waals surface area contributed by atoms with Gasteiger partial charge in [0.05, 0.1) is 17.4 Å². The van der Waals surface area contributed by atoms with Gasteiger partial charge in [0.15, 0.2) is 0 Å². The first kappa shape index (κ1) is 33.0. The topological polar surface area (TPSA) is 125 Å². The van der Waals surface area contributed by atoms with Gasteiger partial charge >= 0.3 is 12.1 Å². The van der Waals surface area contributed by atoms with Gasteiger partial charge in [-0.25, -0.2) is 14.0 Å². The van der Waals surface area contributed by atoms with Crippen molar-refractivity contribution in [1.82, 2.24) is 15.2 Å². The number of nitrogens with zero attached hydrogens (tertiary/aromatic N) is 2. The van der Waals surface area contributed by atoms with Crippen molar-refractivity contribution in [3.8, 4) is 0 Å². The minimum Gasteiger partial charge on any atom is -0.444 e. The second-order valence-electron chi connectivity index (χ2n) is 10.9. The van der Waals surface area contributed by atoms with Gasteiger partial charge in [0.1, 0.15) is 17.1 Å². The number of hydrogen-bond acceptors (Lipinski definition) is 6. The molecule has 1 heterocycles. The SMILES string of the molecule is CCN(CC)CCCC(NC(=O)Nc1cccc(F)c1)c1ccc(C(=O)Nc2ccccc2NC(=O)OC(C)(C)C)nc1. The quantitative estimate of drug-likeness (QED) is 0.183. The first-order chi connectivity index (χ1) is 20.5. The van der Waals surface area contributed by atoms with Gasteiger partial charge in [-0.2, -0.15) is 0 Å². The van der Waals surface area contributed by atoms with E-state index in [9.17, 15) is 18.8 Å². The monoisotopic (exact) mass is 592 g/mol. The second-order valence-corrected chi connectivity index (χ2v) is 10.9. The molecule has 0 radical (unpaired) electrons. The summed E-state index contributed by atoms with van der Waals surface area (Å²) in [6.45, 7) is 12.2. The number of aromatic nitrogens is 1. The zero-order chi connectivity index (χ0) is 31.4. The lowest BCUT2D eigenvalue weighted by molar-refractivity contribution is 0.0635. The van der Waals surface area contributed by atoms with Crippen molar-refractivity contribution < 1.29 is 23.5 Å². The lowest BCUT2D eigenvalue weighted by atomic mass is 10.0. The van der Waals surface area contributed by atoms with E-state index in [-0.39, 0.29) is 5.69 Å². The molecular formula is C32H41FN6O4. The third kappa shape index (κ3) is 11.0. The molecule has 0 aliphatic rings. The zero-order valence-corrected chi connectivity index (χ0v) is 25.4. The number of hydrogen-bond donors (Lipinski definition) is 4. The number of rotatable bonds is 12. The van der Waals surface area contributed by atoms with Crippen LogP contribution in [0.2, 0.25) is 0 Å². The summed E-state index contributed by atoms with van der Waals surface area (Å²) >= 11 is 0. The Hall–Kier alpha value is -4.51. The molecule has 4 amide bonds.